The Kier molecular flexibility index (Phi) is 8.52. The molecule has 0 atom stereocenters. The fraction of sp³-hybridized carbons (Fsp3) is 1.00. The molecule has 0 radical (unpaired) electrons. The molecule has 0 spiro atoms. The summed E-state index contributed by atoms with van der Waals surface area (Å²) in [5.41, 5.74) is 0. The molecule has 0 aliphatic heterocycles. The average molecular weight is 296 g/mol. The molecule has 0 fully saturated rings. The average Bonchev–Trinajstić information content (AvgIpc) is 2.42. The van der Waals surface area contributed by atoms with Gasteiger partial charge in [0.1, 0.15) is 0 Å². The first-order valence-corrected chi connectivity index (χ1v) is 9.29. The van der Waals surface area contributed by atoms with Crippen LogP contribution in [0.2, 0.25) is 12.1 Å². The minimum atomic E-state index is -0.787. The Hall–Kier alpha value is 0.234. The van der Waals surface area contributed by atoms with Gasteiger partial charge in [-0.1, -0.05) is 12.1 Å². The summed E-state index contributed by atoms with van der Waals surface area (Å²) in [4.78, 5) is 1.93. The lowest BCUT2D eigenvalue weighted by Crippen LogP contribution is -2.62. The second kappa shape index (κ2) is 8.41. The smallest absolute Gasteiger partial charge is 0.233 e. The van der Waals surface area contributed by atoms with Crippen LogP contribution in [0.1, 0.15) is 12.8 Å². The number of nitrogens with zero attached hydrogens (tertiary/aromatic N) is 1. The number of rotatable bonds is 10. The molecule has 0 aromatic carbocycles. The molecule has 0 N–H and O–H groups in total. The van der Waals surface area contributed by atoms with E-state index in [1.165, 1.54) is 0 Å². The standard InChI is InChI=1S/C11H29NO4Si2/c1-12(10(13-2,14-3)6-8-17)11(15-4,16-5)7-9-18/h6-9H2,1-5,17-18H3. The van der Waals surface area contributed by atoms with Gasteiger partial charge in [0.25, 0.3) is 0 Å². The number of hydrogen-bond acceptors (Lipinski definition) is 5. The first kappa shape index (κ1) is 18.2. The van der Waals surface area contributed by atoms with Gasteiger partial charge < -0.3 is 18.9 Å². The number of ether oxygens (including phenoxy) is 4. The maximum Gasteiger partial charge on any atom is 0.233 e. The zero-order valence-corrected chi connectivity index (χ0v) is 16.9. The highest BCUT2D eigenvalue weighted by Crippen LogP contribution is 2.33. The van der Waals surface area contributed by atoms with Gasteiger partial charge in [-0.25, -0.2) is 4.90 Å². The predicted molar refractivity (Wildman–Crippen MR) is 80.0 cm³/mol. The fourth-order valence-electron chi connectivity index (χ4n) is 2.35. The van der Waals surface area contributed by atoms with E-state index in [9.17, 15) is 0 Å². The van der Waals surface area contributed by atoms with Crippen LogP contribution < -0.4 is 0 Å². The van der Waals surface area contributed by atoms with Crippen molar-refractivity contribution in [3.63, 3.8) is 0 Å². The van der Waals surface area contributed by atoms with Crippen LogP contribution in [-0.2, 0) is 18.9 Å². The molecule has 0 aliphatic rings. The summed E-state index contributed by atoms with van der Waals surface area (Å²) < 4.78 is 22.5. The van der Waals surface area contributed by atoms with Gasteiger partial charge in [0.05, 0.1) is 0 Å². The van der Waals surface area contributed by atoms with Crippen LogP contribution in [0.15, 0.2) is 0 Å². The van der Waals surface area contributed by atoms with E-state index in [-0.39, 0.29) is 0 Å². The largest absolute Gasteiger partial charge is 0.340 e. The Balaban J connectivity index is 5.28. The van der Waals surface area contributed by atoms with E-state index in [1.54, 1.807) is 28.4 Å². The summed E-state index contributed by atoms with van der Waals surface area (Å²) in [5, 5.41) is 0. The molecule has 18 heavy (non-hydrogen) atoms. The summed E-state index contributed by atoms with van der Waals surface area (Å²) in [6.45, 7) is 0. The molecule has 0 saturated carbocycles. The highest BCUT2D eigenvalue weighted by Gasteiger charge is 2.47. The van der Waals surface area contributed by atoms with Crippen LogP contribution in [0, 0.1) is 0 Å². The van der Waals surface area contributed by atoms with Crippen LogP contribution in [0.5, 0.6) is 0 Å². The van der Waals surface area contributed by atoms with Crippen molar-refractivity contribution in [2.24, 2.45) is 0 Å². The molecular weight excluding hydrogens is 266 g/mol. The van der Waals surface area contributed by atoms with Gasteiger partial charge in [-0.15, -0.1) is 0 Å². The normalized spacial score (nSPS) is 13.7. The van der Waals surface area contributed by atoms with E-state index < -0.39 is 11.8 Å². The van der Waals surface area contributed by atoms with Crippen LogP contribution >= 0.6 is 0 Å². The summed E-state index contributed by atoms with van der Waals surface area (Å²) in [6.07, 6.45) is 1.61. The lowest BCUT2D eigenvalue weighted by molar-refractivity contribution is -0.402. The van der Waals surface area contributed by atoms with Crippen molar-refractivity contribution in [2.75, 3.05) is 35.5 Å². The Morgan fingerprint density at radius 1 is 0.778 bits per heavy atom. The van der Waals surface area contributed by atoms with Crippen molar-refractivity contribution in [2.45, 2.75) is 36.8 Å². The maximum atomic E-state index is 5.62. The molecular formula is C11H29NO4Si2. The minimum absolute atomic E-state index is 0.787. The summed E-state index contributed by atoms with van der Waals surface area (Å²) in [7, 11) is 10.8. The monoisotopic (exact) mass is 295 g/mol. The molecule has 0 aliphatic carbocycles. The second-order valence-electron chi connectivity index (χ2n) is 4.30. The SMILES string of the molecule is COC(CC[SiH3])(OC)N(C)C(CC[SiH3])(OC)OC. The molecule has 0 bridgehead atoms. The Labute approximate surface area is 117 Å². The highest BCUT2D eigenvalue weighted by molar-refractivity contribution is 6.08. The molecule has 0 unspecified atom stereocenters. The van der Waals surface area contributed by atoms with Crippen molar-refractivity contribution in [3.05, 3.63) is 0 Å². The van der Waals surface area contributed by atoms with Crippen LogP contribution in [0.3, 0.4) is 0 Å². The van der Waals surface area contributed by atoms with Gasteiger partial charge in [-0.2, -0.15) is 0 Å². The first-order chi connectivity index (χ1) is 8.52. The van der Waals surface area contributed by atoms with E-state index in [0.29, 0.717) is 0 Å². The molecule has 0 aromatic rings. The van der Waals surface area contributed by atoms with Crippen molar-refractivity contribution in [1.82, 2.24) is 4.90 Å². The zero-order chi connectivity index (χ0) is 14.2. The Morgan fingerprint density at radius 3 is 1.22 bits per heavy atom. The van der Waals surface area contributed by atoms with Gasteiger partial charge in [-0.05, 0) is 7.05 Å². The minimum Gasteiger partial charge on any atom is -0.340 e. The van der Waals surface area contributed by atoms with Gasteiger partial charge in [0.15, 0.2) is 0 Å². The van der Waals surface area contributed by atoms with Gasteiger partial charge in [-0.3, -0.25) is 0 Å². The lowest BCUT2D eigenvalue weighted by atomic mass is 10.2. The van der Waals surface area contributed by atoms with Crippen molar-refractivity contribution in [1.29, 1.82) is 0 Å². The van der Waals surface area contributed by atoms with E-state index >= 15 is 0 Å². The molecule has 0 aromatic heterocycles. The van der Waals surface area contributed by atoms with E-state index in [0.717, 1.165) is 45.4 Å². The van der Waals surface area contributed by atoms with Gasteiger partial charge >= 0.3 is 0 Å². The molecule has 0 heterocycles. The molecule has 110 valence electrons. The highest BCUT2D eigenvalue weighted by atomic mass is 28.1. The van der Waals surface area contributed by atoms with E-state index in [4.69, 9.17) is 18.9 Å². The van der Waals surface area contributed by atoms with Crippen molar-refractivity contribution in [3.8, 4) is 0 Å². The van der Waals surface area contributed by atoms with Crippen molar-refractivity contribution < 1.29 is 18.9 Å². The molecule has 0 amide bonds. The number of methoxy groups -OCH3 is 4. The molecule has 5 nitrogen and oxygen atoms in total. The molecule has 7 heteroatoms. The third kappa shape index (κ3) is 3.63. The van der Waals surface area contributed by atoms with E-state index in [2.05, 4.69) is 0 Å². The summed E-state index contributed by atoms with van der Waals surface area (Å²) in [6, 6.07) is 2.16. The second-order valence-corrected chi connectivity index (χ2v) is 6.30. The van der Waals surface area contributed by atoms with E-state index in [1.807, 2.05) is 11.9 Å². The van der Waals surface area contributed by atoms with Gasteiger partial charge in [0.2, 0.25) is 11.8 Å². The quantitative estimate of drug-likeness (QED) is 0.388. The Morgan fingerprint density at radius 2 is 1.06 bits per heavy atom. The topological polar surface area (TPSA) is 40.2 Å². The molecule has 0 rings (SSSR count). The van der Waals surface area contributed by atoms with Crippen LogP contribution in [0.4, 0.5) is 0 Å². The Bertz CT molecular complexity index is 201. The number of hydrogen-bond donors (Lipinski definition) is 0. The third-order valence-corrected chi connectivity index (χ3v) is 4.43. The van der Waals surface area contributed by atoms with Crippen molar-refractivity contribution >= 4 is 20.5 Å². The summed E-state index contributed by atoms with van der Waals surface area (Å²) in [5.74, 6) is -1.57. The first-order valence-electron chi connectivity index (χ1n) is 6.47. The lowest BCUT2D eigenvalue weighted by Gasteiger charge is -2.48. The predicted octanol–water partition coefficient (Wildman–Crippen LogP) is -0.841. The van der Waals surface area contributed by atoms with Crippen LogP contribution in [-0.4, -0.2) is 72.7 Å². The molecule has 0 saturated heterocycles. The third-order valence-electron chi connectivity index (χ3n) is 3.43. The zero-order valence-electron chi connectivity index (χ0n) is 12.9. The summed E-state index contributed by atoms with van der Waals surface area (Å²) >= 11 is 0. The van der Waals surface area contributed by atoms with Crippen LogP contribution in [0.25, 0.3) is 0 Å². The van der Waals surface area contributed by atoms with Gasteiger partial charge in [0, 0.05) is 61.8 Å². The fourth-order valence-corrected chi connectivity index (χ4v) is 3.61. The maximum absolute atomic E-state index is 5.62.